The van der Waals surface area contributed by atoms with E-state index in [0.717, 1.165) is 31.2 Å². The standard InChI is InChI=1S/C17H21ClN2O3/c1-23-15(21)12-6-17(7-12)8-14(9-17)20-16(22)19-10-11-2-4-13(18)5-3-11/h2-5,12,14H,6-10H2,1H3,(H2,19,20,22)/t12-,14-,17?. The van der Waals surface area contributed by atoms with Crippen LogP contribution in [0.3, 0.4) is 0 Å². The van der Waals surface area contributed by atoms with Crippen molar-refractivity contribution in [1.82, 2.24) is 10.6 Å². The van der Waals surface area contributed by atoms with Crippen molar-refractivity contribution in [3.05, 3.63) is 34.9 Å². The minimum absolute atomic E-state index is 0.0553. The molecule has 2 amide bonds. The maximum Gasteiger partial charge on any atom is 0.315 e. The van der Waals surface area contributed by atoms with Gasteiger partial charge in [0.25, 0.3) is 0 Å². The van der Waals surface area contributed by atoms with Crippen LogP contribution in [0.2, 0.25) is 5.02 Å². The predicted molar refractivity (Wildman–Crippen MR) is 87.0 cm³/mol. The number of nitrogens with one attached hydrogen (secondary N) is 2. The van der Waals surface area contributed by atoms with Crippen molar-refractivity contribution in [3.8, 4) is 0 Å². The highest BCUT2D eigenvalue weighted by atomic mass is 35.5. The van der Waals surface area contributed by atoms with E-state index in [4.69, 9.17) is 16.3 Å². The lowest BCUT2D eigenvalue weighted by atomic mass is 9.50. The molecule has 0 atom stereocenters. The van der Waals surface area contributed by atoms with E-state index in [-0.39, 0.29) is 29.4 Å². The van der Waals surface area contributed by atoms with Crippen LogP contribution in [0.1, 0.15) is 31.2 Å². The molecule has 0 aromatic heterocycles. The van der Waals surface area contributed by atoms with Gasteiger partial charge in [-0.05, 0) is 48.8 Å². The van der Waals surface area contributed by atoms with Crippen molar-refractivity contribution in [2.24, 2.45) is 11.3 Å². The average molecular weight is 337 g/mol. The van der Waals surface area contributed by atoms with Gasteiger partial charge in [0, 0.05) is 17.6 Å². The van der Waals surface area contributed by atoms with Crippen LogP contribution in [-0.2, 0) is 16.1 Å². The molecule has 1 aromatic carbocycles. The Balaban J connectivity index is 1.35. The van der Waals surface area contributed by atoms with Gasteiger partial charge in [-0.25, -0.2) is 4.79 Å². The highest BCUT2D eigenvalue weighted by Gasteiger charge is 2.55. The minimum atomic E-state index is -0.149. The summed E-state index contributed by atoms with van der Waals surface area (Å²) in [5.74, 6) is -0.0487. The van der Waals surface area contributed by atoms with E-state index in [2.05, 4.69) is 10.6 Å². The molecule has 2 aliphatic rings. The fourth-order valence-electron chi connectivity index (χ4n) is 3.76. The number of rotatable bonds is 4. The summed E-state index contributed by atoms with van der Waals surface area (Å²) in [4.78, 5) is 23.3. The highest BCUT2D eigenvalue weighted by Crippen LogP contribution is 2.58. The molecule has 6 heteroatoms. The van der Waals surface area contributed by atoms with Crippen LogP contribution in [0, 0.1) is 11.3 Å². The third-order valence-electron chi connectivity index (χ3n) is 4.95. The SMILES string of the molecule is COC(=O)[C@H]1CC2(C[C@H](NC(=O)NCc3ccc(Cl)cc3)C2)C1. The molecule has 0 bridgehead atoms. The molecule has 0 unspecified atom stereocenters. The number of hydrogen-bond acceptors (Lipinski definition) is 3. The predicted octanol–water partition coefficient (Wildman–Crippen LogP) is 2.87. The first-order valence-electron chi connectivity index (χ1n) is 7.86. The number of benzene rings is 1. The number of amides is 2. The molecule has 5 nitrogen and oxygen atoms in total. The van der Waals surface area contributed by atoms with Crippen LogP contribution in [0.5, 0.6) is 0 Å². The first kappa shape index (κ1) is 16.1. The van der Waals surface area contributed by atoms with Crippen LogP contribution in [-0.4, -0.2) is 25.2 Å². The maximum absolute atomic E-state index is 11.9. The Morgan fingerprint density at radius 1 is 1.22 bits per heavy atom. The zero-order valence-corrected chi connectivity index (χ0v) is 13.9. The first-order chi connectivity index (χ1) is 11.0. The van der Waals surface area contributed by atoms with E-state index in [1.807, 2.05) is 12.1 Å². The van der Waals surface area contributed by atoms with Crippen molar-refractivity contribution in [2.75, 3.05) is 7.11 Å². The average Bonchev–Trinajstić information content (AvgIpc) is 2.47. The van der Waals surface area contributed by atoms with Gasteiger partial charge in [0.15, 0.2) is 0 Å². The molecule has 0 aliphatic heterocycles. The van der Waals surface area contributed by atoms with Crippen molar-refractivity contribution in [2.45, 2.75) is 38.3 Å². The number of carbonyl (C=O) groups is 2. The lowest BCUT2D eigenvalue weighted by Gasteiger charge is -2.56. The molecule has 0 saturated heterocycles. The van der Waals surface area contributed by atoms with E-state index in [0.29, 0.717) is 11.6 Å². The molecule has 3 rings (SSSR count). The summed E-state index contributed by atoms with van der Waals surface area (Å²) in [6.07, 6.45) is 3.69. The van der Waals surface area contributed by atoms with Crippen molar-refractivity contribution in [3.63, 3.8) is 0 Å². The summed E-state index contributed by atoms with van der Waals surface area (Å²) in [5.41, 5.74) is 1.27. The normalized spacial score (nSPS) is 28.4. The van der Waals surface area contributed by atoms with E-state index >= 15 is 0 Å². The zero-order chi connectivity index (χ0) is 16.4. The van der Waals surface area contributed by atoms with Crippen LogP contribution in [0.25, 0.3) is 0 Å². The van der Waals surface area contributed by atoms with Gasteiger partial charge in [-0.1, -0.05) is 23.7 Å². The van der Waals surface area contributed by atoms with Crippen LogP contribution >= 0.6 is 11.6 Å². The highest BCUT2D eigenvalue weighted by molar-refractivity contribution is 6.30. The first-order valence-corrected chi connectivity index (χ1v) is 8.24. The molecule has 1 aromatic rings. The van der Waals surface area contributed by atoms with Crippen molar-refractivity contribution in [1.29, 1.82) is 0 Å². The second-order valence-electron chi connectivity index (χ2n) is 6.69. The molecule has 1 spiro atoms. The van der Waals surface area contributed by atoms with Gasteiger partial charge in [-0.3, -0.25) is 4.79 Å². The quantitative estimate of drug-likeness (QED) is 0.831. The Bertz CT molecular complexity index is 588. The third-order valence-corrected chi connectivity index (χ3v) is 5.21. The topological polar surface area (TPSA) is 67.4 Å². The zero-order valence-electron chi connectivity index (χ0n) is 13.1. The molecule has 2 aliphatic carbocycles. The number of hydrogen-bond donors (Lipinski definition) is 2. The molecule has 124 valence electrons. The van der Waals surface area contributed by atoms with Crippen LogP contribution in [0.15, 0.2) is 24.3 Å². The van der Waals surface area contributed by atoms with Gasteiger partial charge in [0.2, 0.25) is 0 Å². The fourth-order valence-corrected chi connectivity index (χ4v) is 3.89. The van der Waals surface area contributed by atoms with Gasteiger partial charge in [0.05, 0.1) is 13.0 Å². The maximum atomic E-state index is 11.9. The number of ether oxygens (including phenoxy) is 1. The van der Waals surface area contributed by atoms with Gasteiger partial charge >= 0.3 is 12.0 Å². The number of esters is 1. The number of halogens is 1. The van der Waals surface area contributed by atoms with E-state index < -0.39 is 0 Å². The smallest absolute Gasteiger partial charge is 0.315 e. The Morgan fingerprint density at radius 2 is 1.87 bits per heavy atom. The van der Waals surface area contributed by atoms with Crippen molar-refractivity contribution < 1.29 is 14.3 Å². The molecule has 0 radical (unpaired) electrons. The number of carbonyl (C=O) groups excluding carboxylic acids is 2. The summed E-state index contributed by atoms with van der Waals surface area (Å²) >= 11 is 5.83. The Kier molecular flexibility index (Phi) is 4.48. The molecule has 2 saturated carbocycles. The van der Waals surface area contributed by atoms with Crippen molar-refractivity contribution >= 4 is 23.6 Å². The van der Waals surface area contributed by atoms with Gasteiger partial charge in [0.1, 0.15) is 0 Å². The molecular formula is C17H21ClN2O3. The second-order valence-corrected chi connectivity index (χ2v) is 7.12. The Hall–Kier alpha value is -1.75. The monoisotopic (exact) mass is 336 g/mol. The van der Waals surface area contributed by atoms with Crippen LogP contribution in [0.4, 0.5) is 4.79 Å². The Labute approximate surface area is 140 Å². The largest absolute Gasteiger partial charge is 0.469 e. The van der Waals surface area contributed by atoms with Gasteiger partial charge in [-0.15, -0.1) is 0 Å². The number of methoxy groups -OCH3 is 1. The second kappa shape index (κ2) is 6.40. The molecular weight excluding hydrogens is 316 g/mol. The summed E-state index contributed by atoms with van der Waals surface area (Å²) in [6, 6.07) is 7.45. The van der Waals surface area contributed by atoms with E-state index in [9.17, 15) is 9.59 Å². The van der Waals surface area contributed by atoms with Crippen LogP contribution < -0.4 is 10.6 Å². The van der Waals surface area contributed by atoms with Gasteiger partial charge in [-0.2, -0.15) is 0 Å². The number of urea groups is 1. The molecule has 2 N–H and O–H groups in total. The third kappa shape index (κ3) is 3.61. The minimum Gasteiger partial charge on any atom is -0.469 e. The lowest BCUT2D eigenvalue weighted by molar-refractivity contribution is -0.159. The molecule has 0 heterocycles. The Morgan fingerprint density at radius 3 is 2.48 bits per heavy atom. The van der Waals surface area contributed by atoms with E-state index in [1.54, 1.807) is 12.1 Å². The summed E-state index contributed by atoms with van der Waals surface area (Å²) in [6.45, 7) is 0.477. The summed E-state index contributed by atoms with van der Waals surface area (Å²) < 4.78 is 4.76. The van der Waals surface area contributed by atoms with E-state index in [1.165, 1.54) is 7.11 Å². The molecule has 23 heavy (non-hydrogen) atoms. The molecule has 2 fully saturated rings. The lowest BCUT2D eigenvalue weighted by Crippen LogP contribution is -2.58. The fraction of sp³-hybridized carbons (Fsp3) is 0.529. The summed E-state index contributed by atoms with van der Waals surface area (Å²) in [7, 11) is 1.43. The van der Waals surface area contributed by atoms with Gasteiger partial charge < -0.3 is 15.4 Å². The summed E-state index contributed by atoms with van der Waals surface area (Å²) in [5, 5.41) is 6.52.